The molecule has 3 aliphatic rings. The van der Waals surface area contributed by atoms with E-state index in [1.807, 2.05) is 12.2 Å². The Kier molecular flexibility index (Phi) is 5.20. The zero-order valence-corrected chi connectivity index (χ0v) is 15.8. The number of hydrogen-bond donors (Lipinski definition) is 3. The van der Waals surface area contributed by atoms with Crippen LogP contribution in [-0.4, -0.2) is 22.9 Å². The molecule has 0 aliphatic heterocycles. The Morgan fingerprint density at radius 2 is 1.32 bits per heavy atom. The Hall–Kier alpha value is -2.63. The summed E-state index contributed by atoms with van der Waals surface area (Å²) in [4.78, 5) is 36.6. The van der Waals surface area contributed by atoms with Gasteiger partial charge in [0.05, 0.1) is 11.8 Å². The van der Waals surface area contributed by atoms with Gasteiger partial charge in [-0.1, -0.05) is 31.4 Å². The largest absolute Gasteiger partial charge is 0.481 e. The van der Waals surface area contributed by atoms with Crippen molar-refractivity contribution >= 4 is 29.2 Å². The van der Waals surface area contributed by atoms with Gasteiger partial charge >= 0.3 is 5.97 Å². The highest BCUT2D eigenvalue weighted by molar-refractivity contribution is 5.97. The number of aliphatic carboxylic acids is 1. The molecule has 28 heavy (non-hydrogen) atoms. The molecule has 2 bridgehead atoms. The van der Waals surface area contributed by atoms with Crippen molar-refractivity contribution < 1.29 is 19.5 Å². The number of rotatable bonds is 5. The molecular formula is C22H26N2O4. The van der Waals surface area contributed by atoms with Gasteiger partial charge in [-0.3, -0.25) is 14.4 Å². The topological polar surface area (TPSA) is 95.5 Å². The van der Waals surface area contributed by atoms with Gasteiger partial charge < -0.3 is 15.7 Å². The third-order valence-electron chi connectivity index (χ3n) is 6.44. The van der Waals surface area contributed by atoms with E-state index in [4.69, 9.17) is 0 Å². The number of anilines is 2. The SMILES string of the molecule is O=C(Nc1ccc(NC(=O)C2C3C=CC(C3)C2C(=O)O)cc1)C1CCCCC1. The van der Waals surface area contributed by atoms with E-state index >= 15 is 0 Å². The van der Waals surface area contributed by atoms with Crippen molar-refractivity contribution in [2.75, 3.05) is 10.6 Å². The molecular weight excluding hydrogens is 356 g/mol. The smallest absolute Gasteiger partial charge is 0.307 e. The molecule has 4 unspecified atom stereocenters. The molecule has 1 aromatic rings. The van der Waals surface area contributed by atoms with Crippen LogP contribution in [0.3, 0.4) is 0 Å². The predicted octanol–water partition coefficient (Wildman–Crippen LogP) is 3.67. The Balaban J connectivity index is 1.36. The van der Waals surface area contributed by atoms with Crippen molar-refractivity contribution in [2.24, 2.45) is 29.6 Å². The number of allylic oxidation sites excluding steroid dienone is 2. The predicted molar refractivity (Wildman–Crippen MR) is 106 cm³/mol. The lowest BCUT2D eigenvalue weighted by molar-refractivity contribution is -0.146. The van der Waals surface area contributed by atoms with Crippen LogP contribution in [0.25, 0.3) is 0 Å². The third kappa shape index (κ3) is 3.68. The molecule has 4 atom stereocenters. The van der Waals surface area contributed by atoms with Crippen LogP contribution in [0.2, 0.25) is 0 Å². The molecule has 0 saturated heterocycles. The number of hydrogen-bond acceptors (Lipinski definition) is 3. The van der Waals surface area contributed by atoms with Crippen LogP contribution in [-0.2, 0) is 14.4 Å². The van der Waals surface area contributed by atoms with Crippen LogP contribution in [0.5, 0.6) is 0 Å². The number of carbonyl (C=O) groups is 3. The third-order valence-corrected chi connectivity index (χ3v) is 6.44. The van der Waals surface area contributed by atoms with Crippen molar-refractivity contribution in [1.82, 2.24) is 0 Å². The van der Waals surface area contributed by atoms with Crippen molar-refractivity contribution in [3.63, 3.8) is 0 Å². The monoisotopic (exact) mass is 382 g/mol. The second-order valence-corrected chi connectivity index (χ2v) is 8.23. The quantitative estimate of drug-likeness (QED) is 0.677. The molecule has 6 heteroatoms. The number of carboxylic acid groups (broad SMARTS) is 1. The lowest BCUT2D eigenvalue weighted by Crippen LogP contribution is -2.36. The van der Waals surface area contributed by atoms with Crippen molar-refractivity contribution in [3.05, 3.63) is 36.4 Å². The summed E-state index contributed by atoms with van der Waals surface area (Å²) in [5, 5.41) is 15.3. The van der Waals surface area contributed by atoms with Gasteiger partial charge in [-0.2, -0.15) is 0 Å². The molecule has 1 aromatic carbocycles. The summed E-state index contributed by atoms with van der Waals surface area (Å²) in [5.74, 6) is -2.22. The Labute approximate surface area is 164 Å². The van der Waals surface area contributed by atoms with Gasteiger partial charge in [0.1, 0.15) is 0 Å². The number of carbonyl (C=O) groups excluding carboxylic acids is 2. The van der Waals surface area contributed by atoms with Gasteiger partial charge in [0, 0.05) is 17.3 Å². The first-order valence-electron chi connectivity index (χ1n) is 10.2. The molecule has 0 heterocycles. The summed E-state index contributed by atoms with van der Waals surface area (Å²) in [6, 6.07) is 7.03. The van der Waals surface area contributed by atoms with Crippen LogP contribution in [0.1, 0.15) is 38.5 Å². The van der Waals surface area contributed by atoms with E-state index in [-0.39, 0.29) is 29.6 Å². The van der Waals surface area contributed by atoms with Gasteiger partial charge in [0.15, 0.2) is 0 Å². The number of carboxylic acids is 1. The first-order chi connectivity index (χ1) is 13.5. The lowest BCUT2D eigenvalue weighted by Gasteiger charge is -2.24. The highest BCUT2D eigenvalue weighted by Gasteiger charge is 2.51. The maximum atomic E-state index is 12.7. The maximum Gasteiger partial charge on any atom is 0.307 e. The molecule has 2 fully saturated rings. The van der Waals surface area contributed by atoms with Crippen LogP contribution < -0.4 is 10.6 Å². The Morgan fingerprint density at radius 3 is 1.89 bits per heavy atom. The van der Waals surface area contributed by atoms with E-state index in [1.165, 1.54) is 6.42 Å². The number of fused-ring (bicyclic) bond motifs is 2. The first-order valence-corrected chi connectivity index (χ1v) is 10.2. The number of benzene rings is 1. The van der Waals surface area contributed by atoms with E-state index in [0.29, 0.717) is 11.4 Å². The number of nitrogens with one attached hydrogen (secondary N) is 2. The normalized spacial score (nSPS) is 28.9. The fraction of sp³-hybridized carbons (Fsp3) is 0.500. The highest BCUT2D eigenvalue weighted by Crippen LogP contribution is 2.48. The molecule has 6 nitrogen and oxygen atoms in total. The molecule has 2 saturated carbocycles. The average molecular weight is 382 g/mol. The van der Waals surface area contributed by atoms with Gasteiger partial charge in [-0.25, -0.2) is 0 Å². The lowest BCUT2D eigenvalue weighted by atomic mass is 9.82. The zero-order chi connectivity index (χ0) is 19.7. The van der Waals surface area contributed by atoms with Crippen molar-refractivity contribution in [2.45, 2.75) is 38.5 Å². The summed E-state index contributed by atoms with van der Waals surface area (Å²) in [5.41, 5.74) is 1.32. The first kappa shape index (κ1) is 18.7. The summed E-state index contributed by atoms with van der Waals surface area (Å²) < 4.78 is 0. The summed E-state index contributed by atoms with van der Waals surface area (Å²) >= 11 is 0. The molecule has 3 N–H and O–H groups in total. The zero-order valence-electron chi connectivity index (χ0n) is 15.8. The molecule has 4 rings (SSSR count). The minimum atomic E-state index is -0.905. The molecule has 0 spiro atoms. The van der Waals surface area contributed by atoms with Gasteiger partial charge in [0.25, 0.3) is 0 Å². The van der Waals surface area contributed by atoms with Crippen molar-refractivity contribution in [3.8, 4) is 0 Å². The second-order valence-electron chi connectivity index (χ2n) is 8.23. The summed E-state index contributed by atoms with van der Waals surface area (Å²) in [7, 11) is 0. The molecule has 0 aromatic heterocycles. The molecule has 148 valence electrons. The average Bonchev–Trinajstić information content (AvgIpc) is 3.31. The van der Waals surface area contributed by atoms with E-state index in [9.17, 15) is 19.5 Å². The maximum absolute atomic E-state index is 12.7. The minimum Gasteiger partial charge on any atom is -0.481 e. The van der Waals surface area contributed by atoms with Crippen LogP contribution >= 0.6 is 0 Å². The Morgan fingerprint density at radius 1 is 0.786 bits per heavy atom. The molecule has 2 amide bonds. The van der Waals surface area contributed by atoms with Crippen molar-refractivity contribution in [1.29, 1.82) is 0 Å². The van der Waals surface area contributed by atoms with Crippen LogP contribution in [0.4, 0.5) is 11.4 Å². The van der Waals surface area contributed by atoms with E-state index in [0.717, 1.165) is 32.1 Å². The minimum absolute atomic E-state index is 0.000143. The van der Waals surface area contributed by atoms with E-state index < -0.39 is 17.8 Å². The van der Waals surface area contributed by atoms with Crippen LogP contribution in [0, 0.1) is 29.6 Å². The highest BCUT2D eigenvalue weighted by atomic mass is 16.4. The summed E-state index contributed by atoms with van der Waals surface area (Å²) in [6.45, 7) is 0. The molecule has 0 radical (unpaired) electrons. The second kappa shape index (κ2) is 7.78. The van der Waals surface area contributed by atoms with Gasteiger partial charge in [-0.15, -0.1) is 0 Å². The van der Waals surface area contributed by atoms with Gasteiger partial charge in [-0.05, 0) is 55.4 Å². The summed E-state index contributed by atoms with van der Waals surface area (Å²) in [6.07, 6.45) is 9.96. The molecule has 3 aliphatic carbocycles. The van der Waals surface area contributed by atoms with Crippen LogP contribution in [0.15, 0.2) is 36.4 Å². The Bertz CT molecular complexity index is 795. The van der Waals surface area contributed by atoms with E-state index in [2.05, 4.69) is 10.6 Å². The van der Waals surface area contributed by atoms with E-state index in [1.54, 1.807) is 24.3 Å². The fourth-order valence-corrected chi connectivity index (χ4v) is 4.99. The van der Waals surface area contributed by atoms with Gasteiger partial charge in [0.2, 0.25) is 11.8 Å². The fourth-order valence-electron chi connectivity index (χ4n) is 4.99. The number of amides is 2. The standard InChI is InChI=1S/C22H26N2O4/c25-20(13-4-2-1-3-5-13)23-16-8-10-17(11-9-16)24-21(26)18-14-6-7-15(12-14)19(18)22(27)28/h6-11,13-15,18-19H,1-5,12H2,(H,23,25)(H,24,26)(H,27,28).